The number of hydrogen-bond acceptors (Lipinski definition) is 8. The van der Waals surface area contributed by atoms with Crippen LogP contribution in [0.15, 0.2) is 352 Å². The van der Waals surface area contributed by atoms with Gasteiger partial charge in [0.15, 0.2) is 11.6 Å². The highest BCUT2D eigenvalue weighted by atomic mass is 35.5. The van der Waals surface area contributed by atoms with Gasteiger partial charge < -0.3 is 9.31 Å². The number of pyridine rings is 2. The minimum absolute atomic E-state index is 0.176. The zero-order valence-electron chi connectivity index (χ0n) is 67.0. The second kappa shape index (κ2) is 32.1. The molecule has 0 radical (unpaired) electrons. The molecule has 10 heteroatoms. The Balaban J connectivity index is 0.000000125. The van der Waals surface area contributed by atoms with Gasteiger partial charge in [-0.25, -0.2) is 19.9 Å². The lowest BCUT2D eigenvalue weighted by molar-refractivity contribution is 0.00578. The van der Waals surface area contributed by atoms with Crippen LogP contribution >= 0.6 is 11.6 Å². The van der Waals surface area contributed by atoms with Crippen LogP contribution in [0, 0.1) is 0 Å². The molecule has 0 amide bonds. The Morgan fingerprint density at radius 3 is 1.04 bits per heavy atom. The molecule has 4 aromatic heterocycles. The summed E-state index contributed by atoms with van der Waals surface area (Å²) < 4.78 is 12.6. The van der Waals surface area contributed by atoms with Crippen molar-refractivity contribution >= 4 is 24.2 Å². The Morgan fingerprint density at radius 2 is 0.602 bits per heavy atom. The third kappa shape index (κ3) is 14.8. The van der Waals surface area contributed by atoms with Crippen LogP contribution in [-0.4, -0.2) is 48.2 Å². The van der Waals surface area contributed by atoms with E-state index in [2.05, 4.69) is 286 Å². The van der Waals surface area contributed by atoms with Gasteiger partial charge >= 0.3 is 7.12 Å². The molecule has 0 unspecified atom stereocenters. The molecule has 12 aromatic carbocycles. The van der Waals surface area contributed by atoms with Gasteiger partial charge in [-0.3, -0.25) is 9.97 Å². The quantitative estimate of drug-likeness (QED) is 0.112. The van der Waals surface area contributed by atoms with Crippen molar-refractivity contribution in [3.63, 3.8) is 0 Å². The van der Waals surface area contributed by atoms with Crippen molar-refractivity contribution in [2.45, 2.75) is 114 Å². The highest BCUT2D eigenvalue weighted by Gasteiger charge is 2.53. The first-order valence-electron chi connectivity index (χ1n) is 41.6. The van der Waals surface area contributed by atoms with E-state index in [1.165, 1.54) is 125 Å². The molecule has 16 aromatic rings. The predicted molar refractivity (Wildman–Crippen MR) is 485 cm³/mol. The molecule has 574 valence electrons. The number of fused-ring (bicyclic) bond motifs is 10. The van der Waals surface area contributed by atoms with Gasteiger partial charge in [0.2, 0.25) is 0 Å². The van der Waals surface area contributed by atoms with Gasteiger partial charge in [-0.15, -0.1) is 0 Å². The van der Waals surface area contributed by atoms with Gasteiger partial charge in [-0.05, 0) is 220 Å². The third-order valence-corrected chi connectivity index (χ3v) is 25.6. The molecule has 1 saturated heterocycles. The highest BCUT2D eigenvalue weighted by molar-refractivity contribution is 6.62. The Hall–Kier alpha value is -12.6. The van der Waals surface area contributed by atoms with Crippen molar-refractivity contribution in [2.75, 3.05) is 0 Å². The van der Waals surface area contributed by atoms with Gasteiger partial charge in [0.1, 0.15) is 0 Å². The molecule has 5 aliphatic rings. The molecule has 1 aliphatic heterocycles. The number of aromatic nitrogens is 6. The first kappa shape index (κ1) is 75.4. The fourth-order valence-corrected chi connectivity index (χ4v) is 18.7. The second-order valence-corrected chi connectivity index (χ2v) is 33.5. The van der Waals surface area contributed by atoms with Gasteiger partial charge in [-0.2, -0.15) is 0 Å². The van der Waals surface area contributed by atoms with E-state index in [0.29, 0.717) is 16.7 Å². The van der Waals surface area contributed by atoms with Crippen LogP contribution in [0.1, 0.15) is 114 Å². The summed E-state index contributed by atoms with van der Waals surface area (Å²) in [7, 11) is -0.296. The maximum absolute atomic E-state index is 6.31. The smallest absolute Gasteiger partial charge is 0.399 e. The Labute approximate surface area is 698 Å². The average molecular weight is 1550 g/mol. The highest BCUT2D eigenvalue weighted by Crippen LogP contribution is 2.58. The number of hydrogen-bond donors (Lipinski definition) is 0. The molecule has 3 fully saturated rings. The topological polar surface area (TPSA) is 95.8 Å². The Bertz CT molecular complexity index is 6330. The fourth-order valence-electron chi connectivity index (χ4n) is 18.6. The Morgan fingerprint density at radius 1 is 0.263 bits per heavy atom. The largest absolute Gasteiger partial charge is 0.494 e. The summed E-state index contributed by atoms with van der Waals surface area (Å²) in [5.41, 5.74) is 33.7. The van der Waals surface area contributed by atoms with Crippen LogP contribution in [-0.2, 0) is 20.1 Å². The lowest BCUT2D eigenvalue weighted by atomic mass is 9.67. The molecule has 5 heterocycles. The monoisotopic (exact) mass is 1550 g/mol. The maximum atomic E-state index is 6.31. The second-order valence-electron chi connectivity index (χ2n) is 33.1. The minimum atomic E-state index is -0.306. The molecular weight excluding hydrogens is 1460 g/mol. The van der Waals surface area contributed by atoms with Crippen LogP contribution in [0.5, 0.6) is 0 Å². The van der Waals surface area contributed by atoms with Gasteiger partial charge in [0.25, 0.3) is 0 Å². The zero-order chi connectivity index (χ0) is 79.8. The first-order valence-corrected chi connectivity index (χ1v) is 42.0. The van der Waals surface area contributed by atoms with E-state index in [-0.39, 0.29) is 29.2 Å². The van der Waals surface area contributed by atoms with Crippen LogP contribution in [0.4, 0.5) is 0 Å². The summed E-state index contributed by atoms with van der Waals surface area (Å²) in [6.45, 7) is 8.47. The van der Waals surface area contributed by atoms with Gasteiger partial charge in [0, 0.05) is 74.0 Å². The van der Waals surface area contributed by atoms with Gasteiger partial charge in [-0.1, -0.05) is 317 Å². The van der Waals surface area contributed by atoms with E-state index in [9.17, 15) is 0 Å². The molecule has 21 rings (SSSR count). The van der Waals surface area contributed by atoms with Crippen molar-refractivity contribution in [1.29, 1.82) is 0 Å². The van der Waals surface area contributed by atoms with Gasteiger partial charge in [0.05, 0.1) is 34.0 Å². The fraction of sp³-hybridized carbons (Fsp3) is 0.167. The summed E-state index contributed by atoms with van der Waals surface area (Å²) in [6, 6.07) is 116. The van der Waals surface area contributed by atoms with Crippen molar-refractivity contribution in [1.82, 2.24) is 29.9 Å². The summed E-state index contributed by atoms with van der Waals surface area (Å²) in [5.74, 6) is 1.40. The molecular formula is C108H90BClN6O2. The molecule has 8 nitrogen and oxygen atoms in total. The van der Waals surface area contributed by atoms with E-state index >= 15 is 0 Å². The molecule has 0 N–H and O–H groups in total. The van der Waals surface area contributed by atoms with E-state index < -0.39 is 0 Å². The van der Waals surface area contributed by atoms with E-state index in [0.717, 1.165) is 101 Å². The van der Waals surface area contributed by atoms with E-state index in [4.69, 9.17) is 40.8 Å². The maximum Gasteiger partial charge on any atom is 0.494 e. The van der Waals surface area contributed by atoms with Crippen LogP contribution < -0.4 is 5.46 Å². The van der Waals surface area contributed by atoms with Crippen LogP contribution in [0.25, 0.3) is 146 Å². The lowest BCUT2D eigenvalue weighted by Crippen LogP contribution is -2.41. The average Bonchev–Trinajstić information content (AvgIpc) is 1.56. The lowest BCUT2D eigenvalue weighted by Gasteiger charge is -2.36. The van der Waals surface area contributed by atoms with Crippen molar-refractivity contribution in [3.8, 4) is 146 Å². The van der Waals surface area contributed by atoms with E-state index in [1.807, 2.05) is 91.3 Å². The molecule has 2 spiro atoms. The first-order chi connectivity index (χ1) is 57.8. The van der Waals surface area contributed by atoms with Crippen molar-refractivity contribution in [2.24, 2.45) is 0 Å². The summed E-state index contributed by atoms with van der Waals surface area (Å²) in [6.07, 6.45) is 20.4. The van der Waals surface area contributed by atoms with Crippen LogP contribution in [0.2, 0.25) is 5.02 Å². The normalized spacial score (nSPS) is 15.3. The van der Waals surface area contributed by atoms with Crippen molar-refractivity contribution in [3.05, 3.63) is 380 Å². The van der Waals surface area contributed by atoms with E-state index in [1.54, 1.807) is 12.4 Å². The SMILES string of the molecule is CC1(C)OB(c2ccc3c(c2)-c2ccccc2C32CCCCC2)OC1(C)C.Clc1cccc(-c2cccc(-c3cc(-c4ccc(-c5cccnc5)cc4)nc(-c4ccccc4)n3)c2)c1.c1ccc(-c2nc(-c3ccc(-c4cccnc4)cc3)cc(-c3cccc(-c4cccc(-c5ccc6c(c5)-c5ccccc5C65CCCCC5)c4)c3)n2)cc1. The zero-order valence-corrected chi connectivity index (χ0v) is 67.8. The summed E-state index contributed by atoms with van der Waals surface area (Å²) >= 11 is 6.25. The minimum Gasteiger partial charge on any atom is -0.399 e. The number of rotatable bonds is 12. The molecule has 2 saturated carbocycles. The molecule has 4 aliphatic carbocycles. The number of nitrogens with zero attached hydrogens (tertiary/aromatic N) is 6. The number of benzene rings is 12. The molecule has 0 bridgehead atoms. The third-order valence-electron chi connectivity index (χ3n) is 25.4. The summed E-state index contributed by atoms with van der Waals surface area (Å²) in [5, 5.41) is 0.716. The standard InChI is InChI=1S/C51H39N3.C33H22ClN3.C24H29BO2/c1-3-12-37(13-4-1)50-53-48(36-23-21-35(22-24-36)43-18-11-29-52-34-43)33-49(54-50)42-17-10-16-40(31-42)38-14-9-15-39(30-38)41-25-26-47-45(32-41)44-19-5-6-20-46(44)51(47)27-7-2-8-28-51;34-30-13-5-10-27(20-30)26-9-4-11-28(19-26)32-21-31(36-33(37-32)25-7-2-1-3-8-25)24-16-14-23(15-17-24)29-12-6-18-35-22-29;1-22(2)23(3,4)27-25(26-22)17-12-13-21-19(16-17)18-10-6-7-11-20(18)24(21)14-8-5-9-15-24/h1,3-6,9-26,29-34H,2,7-8,27-28H2;1-22H;6-7,10-13,16H,5,8-9,14-15H2,1-4H3. The van der Waals surface area contributed by atoms with Crippen molar-refractivity contribution < 1.29 is 9.31 Å². The predicted octanol–water partition coefficient (Wildman–Crippen LogP) is 27.2. The number of halogens is 1. The molecule has 118 heavy (non-hydrogen) atoms. The molecule has 0 atom stereocenters. The summed E-state index contributed by atoms with van der Waals surface area (Å²) in [4.78, 5) is 28.7. The Kier molecular flexibility index (Phi) is 20.5. The van der Waals surface area contributed by atoms with Crippen LogP contribution in [0.3, 0.4) is 0 Å².